The fourth-order valence-corrected chi connectivity index (χ4v) is 7.04. The third-order valence-corrected chi connectivity index (χ3v) is 8.28. The van der Waals surface area contributed by atoms with Gasteiger partial charge in [-0.1, -0.05) is 93.6 Å². The Morgan fingerprint density at radius 1 is 0.520 bits per heavy atom. The van der Waals surface area contributed by atoms with Crippen molar-refractivity contribution in [2.75, 3.05) is 0 Å². The first-order valence-corrected chi connectivity index (χ1v) is 9.35. The number of rotatable bonds is 0. The molecular formula is C25H22. The van der Waals surface area contributed by atoms with Gasteiger partial charge in [-0.15, -0.1) is 0 Å². The summed E-state index contributed by atoms with van der Waals surface area (Å²) in [6, 6.07) is 27.6. The third-order valence-electron chi connectivity index (χ3n) is 8.28. The molecule has 0 saturated heterocycles. The molecule has 0 heteroatoms. The van der Waals surface area contributed by atoms with E-state index in [1.165, 1.54) is 33.4 Å². The van der Waals surface area contributed by atoms with Crippen LogP contribution in [-0.2, 0) is 10.8 Å². The van der Waals surface area contributed by atoms with Crippen LogP contribution in [0.3, 0.4) is 0 Å². The van der Waals surface area contributed by atoms with Gasteiger partial charge in [0.2, 0.25) is 0 Å². The van der Waals surface area contributed by atoms with Crippen LogP contribution in [0.5, 0.6) is 0 Å². The minimum atomic E-state index is 0.0542. The van der Waals surface area contributed by atoms with Gasteiger partial charge >= 0.3 is 0 Å². The van der Waals surface area contributed by atoms with Crippen molar-refractivity contribution < 1.29 is 0 Å². The normalized spacial score (nSPS) is 35.9. The molecule has 0 nitrogen and oxygen atoms in total. The Bertz CT molecular complexity index is 978. The topological polar surface area (TPSA) is 0 Å². The first-order chi connectivity index (χ1) is 12.1. The quantitative estimate of drug-likeness (QED) is 0.492. The van der Waals surface area contributed by atoms with Crippen LogP contribution in [0.2, 0.25) is 0 Å². The highest BCUT2D eigenvalue weighted by atomic mass is 14.8. The molecule has 0 heterocycles. The van der Waals surface area contributed by atoms with Gasteiger partial charge in [0, 0.05) is 22.2 Å². The van der Waals surface area contributed by atoms with Crippen molar-refractivity contribution in [3.63, 3.8) is 0 Å². The molecule has 2 atom stereocenters. The minimum absolute atomic E-state index is 0.0542. The first kappa shape index (κ1) is 13.9. The summed E-state index contributed by atoms with van der Waals surface area (Å²) in [5, 5.41) is 0. The fraction of sp³-hybridized carbons (Fsp3) is 0.280. The Morgan fingerprint density at radius 3 is 1.32 bits per heavy atom. The third kappa shape index (κ3) is 1.11. The monoisotopic (exact) mass is 322 g/mol. The van der Waals surface area contributed by atoms with E-state index in [0.717, 1.165) is 0 Å². The number of fused-ring (bicyclic) bond motifs is 9. The maximum absolute atomic E-state index is 2.55. The highest BCUT2D eigenvalue weighted by Crippen LogP contribution is 2.80. The van der Waals surface area contributed by atoms with Crippen LogP contribution < -0.4 is 0 Å². The number of benzene rings is 3. The molecule has 0 aromatic heterocycles. The molecular weight excluding hydrogens is 300 g/mol. The Balaban J connectivity index is 1.89. The molecule has 0 aliphatic heterocycles. The molecule has 2 unspecified atom stereocenters. The Hall–Kier alpha value is -2.34. The van der Waals surface area contributed by atoms with Crippen LogP contribution >= 0.6 is 0 Å². The maximum Gasteiger partial charge on any atom is 0.0255 e. The zero-order valence-corrected chi connectivity index (χ0v) is 15.0. The molecule has 3 aromatic rings. The highest BCUT2D eigenvalue weighted by Gasteiger charge is 2.75. The van der Waals surface area contributed by atoms with E-state index in [2.05, 4.69) is 93.6 Å². The van der Waals surface area contributed by atoms with Crippen molar-refractivity contribution in [3.05, 3.63) is 106 Å². The van der Waals surface area contributed by atoms with Crippen molar-refractivity contribution in [3.8, 4) is 0 Å². The lowest BCUT2D eigenvalue weighted by Gasteiger charge is -2.45. The standard InChI is InChI=1S/C25H22/c1-23-18-12-6-4-10-16(18)22-17-11-5-7-13-19(17)24(2,25(22,23)3)21-15-9-8-14-20(21)23/h4-15,22H,1-3H3. The largest absolute Gasteiger partial charge is 0.0620 e. The van der Waals surface area contributed by atoms with Crippen molar-refractivity contribution in [2.24, 2.45) is 5.41 Å². The summed E-state index contributed by atoms with van der Waals surface area (Å²) in [6.45, 7) is 7.56. The van der Waals surface area contributed by atoms with E-state index < -0.39 is 0 Å². The molecule has 3 aromatic carbocycles. The molecule has 0 N–H and O–H groups in total. The van der Waals surface area contributed by atoms with Crippen LogP contribution in [0, 0.1) is 5.41 Å². The van der Waals surface area contributed by atoms with Gasteiger partial charge in [-0.05, 0) is 33.4 Å². The Labute approximate surface area is 149 Å². The number of hydrogen-bond acceptors (Lipinski definition) is 0. The van der Waals surface area contributed by atoms with E-state index in [4.69, 9.17) is 0 Å². The van der Waals surface area contributed by atoms with Gasteiger partial charge in [0.25, 0.3) is 0 Å². The van der Waals surface area contributed by atoms with E-state index in [0.29, 0.717) is 5.92 Å². The second kappa shape index (κ2) is 3.90. The summed E-state index contributed by atoms with van der Waals surface area (Å²) in [7, 11) is 0. The van der Waals surface area contributed by atoms with E-state index >= 15 is 0 Å². The molecule has 6 rings (SSSR count). The van der Waals surface area contributed by atoms with Gasteiger partial charge in [0.1, 0.15) is 0 Å². The predicted octanol–water partition coefficient (Wildman–Crippen LogP) is 5.78. The second-order valence-electron chi connectivity index (χ2n) is 8.61. The smallest absolute Gasteiger partial charge is 0.0255 e. The van der Waals surface area contributed by atoms with E-state index in [1.54, 1.807) is 0 Å². The summed E-state index contributed by atoms with van der Waals surface area (Å²) in [4.78, 5) is 0. The first-order valence-electron chi connectivity index (χ1n) is 9.35. The lowest BCUT2D eigenvalue weighted by molar-refractivity contribution is 0.150. The summed E-state index contributed by atoms with van der Waals surface area (Å²) in [5.74, 6) is 0.474. The molecule has 0 radical (unpaired) electrons. The lowest BCUT2D eigenvalue weighted by Crippen LogP contribution is -2.45. The van der Waals surface area contributed by atoms with E-state index in [1.807, 2.05) is 0 Å². The Kier molecular flexibility index (Phi) is 2.17. The molecule has 0 bridgehead atoms. The summed E-state index contributed by atoms with van der Waals surface area (Å²) < 4.78 is 0. The molecule has 0 spiro atoms. The van der Waals surface area contributed by atoms with Gasteiger partial charge < -0.3 is 0 Å². The van der Waals surface area contributed by atoms with E-state index in [-0.39, 0.29) is 16.2 Å². The zero-order valence-electron chi connectivity index (χ0n) is 15.0. The van der Waals surface area contributed by atoms with Crippen molar-refractivity contribution in [2.45, 2.75) is 37.5 Å². The zero-order chi connectivity index (χ0) is 17.0. The van der Waals surface area contributed by atoms with Gasteiger partial charge in [-0.25, -0.2) is 0 Å². The highest BCUT2D eigenvalue weighted by molar-refractivity contribution is 5.73. The molecule has 0 fully saturated rings. The molecule has 3 aliphatic carbocycles. The molecule has 0 saturated carbocycles. The molecule has 25 heavy (non-hydrogen) atoms. The van der Waals surface area contributed by atoms with E-state index in [9.17, 15) is 0 Å². The summed E-state index contributed by atoms with van der Waals surface area (Å²) >= 11 is 0. The van der Waals surface area contributed by atoms with Crippen LogP contribution in [0.25, 0.3) is 0 Å². The predicted molar refractivity (Wildman–Crippen MR) is 102 cm³/mol. The molecule has 122 valence electrons. The average molecular weight is 322 g/mol. The van der Waals surface area contributed by atoms with Crippen LogP contribution in [0.15, 0.2) is 72.8 Å². The van der Waals surface area contributed by atoms with Gasteiger partial charge in [-0.2, -0.15) is 0 Å². The van der Waals surface area contributed by atoms with Crippen molar-refractivity contribution in [1.82, 2.24) is 0 Å². The maximum atomic E-state index is 2.55. The Morgan fingerprint density at radius 2 is 0.880 bits per heavy atom. The second-order valence-corrected chi connectivity index (χ2v) is 8.61. The van der Waals surface area contributed by atoms with Crippen LogP contribution in [-0.4, -0.2) is 0 Å². The number of hydrogen-bond donors (Lipinski definition) is 0. The summed E-state index contributed by atoms with van der Waals surface area (Å²) in [5.41, 5.74) is 9.46. The van der Waals surface area contributed by atoms with Gasteiger partial charge in [-0.3, -0.25) is 0 Å². The fourth-order valence-electron chi connectivity index (χ4n) is 7.04. The molecule has 3 aliphatic rings. The lowest BCUT2D eigenvalue weighted by atomic mass is 9.56. The minimum Gasteiger partial charge on any atom is -0.0620 e. The molecule has 0 amide bonds. The van der Waals surface area contributed by atoms with Gasteiger partial charge in [0.15, 0.2) is 0 Å². The summed E-state index contributed by atoms with van der Waals surface area (Å²) in [6.07, 6.45) is 0. The van der Waals surface area contributed by atoms with Crippen molar-refractivity contribution >= 4 is 0 Å². The van der Waals surface area contributed by atoms with Gasteiger partial charge in [0.05, 0.1) is 0 Å². The SMILES string of the molecule is CC12c3ccccc3C3c4ccccc4C(C)(c4ccccc41)C32C. The van der Waals surface area contributed by atoms with Crippen LogP contribution in [0.4, 0.5) is 0 Å². The van der Waals surface area contributed by atoms with Crippen LogP contribution in [0.1, 0.15) is 60.1 Å². The van der Waals surface area contributed by atoms with Crippen molar-refractivity contribution in [1.29, 1.82) is 0 Å². The average Bonchev–Trinajstić information content (AvgIpc) is 3.07.